The van der Waals surface area contributed by atoms with Crippen molar-refractivity contribution in [1.29, 1.82) is 0 Å². The average Bonchev–Trinajstić information content (AvgIpc) is 2.29. The van der Waals surface area contributed by atoms with Gasteiger partial charge in [0.05, 0.1) is 0 Å². The number of ether oxygens (including phenoxy) is 1. The summed E-state index contributed by atoms with van der Waals surface area (Å²) in [5, 5.41) is 1.23. The zero-order valence-corrected chi connectivity index (χ0v) is 11.1. The summed E-state index contributed by atoms with van der Waals surface area (Å²) in [6.07, 6.45) is 0. The summed E-state index contributed by atoms with van der Waals surface area (Å²) in [4.78, 5) is 0. The quantitative estimate of drug-likeness (QED) is 0.710. The Bertz CT molecular complexity index is 531. The van der Waals surface area contributed by atoms with Crippen LogP contribution in [0.15, 0.2) is 42.5 Å². The average molecular weight is 316 g/mol. The zero-order chi connectivity index (χ0) is 12.3. The number of benzene rings is 2. The molecule has 17 heavy (non-hydrogen) atoms. The maximum Gasteiger partial charge on any atom is 0.132 e. The van der Waals surface area contributed by atoms with E-state index >= 15 is 0 Å². The summed E-state index contributed by atoms with van der Waals surface area (Å²) < 4.78 is 18.6. The van der Waals surface area contributed by atoms with Gasteiger partial charge in [-0.1, -0.05) is 39.7 Å². The molecule has 0 bridgehead atoms. The Balaban J connectivity index is 2.32. The lowest BCUT2D eigenvalue weighted by Gasteiger charge is -2.10. The van der Waals surface area contributed by atoms with E-state index in [0.717, 1.165) is 5.56 Å². The molecule has 0 unspecified atom stereocenters. The van der Waals surface area contributed by atoms with Crippen LogP contribution in [0.1, 0.15) is 5.56 Å². The van der Waals surface area contributed by atoms with E-state index in [4.69, 9.17) is 16.3 Å². The van der Waals surface area contributed by atoms with Crippen LogP contribution in [-0.4, -0.2) is 0 Å². The van der Waals surface area contributed by atoms with Crippen LogP contribution in [-0.2, 0) is 5.33 Å². The van der Waals surface area contributed by atoms with Crippen LogP contribution in [0.3, 0.4) is 0 Å². The van der Waals surface area contributed by atoms with E-state index in [2.05, 4.69) is 15.9 Å². The van der Waals surface area contributed by atoms with Crippen molar-refractivity contribution in [2.75, 3.05) is 0 Å². The molecule has 0 aromatic heterocycles. The summed E-state index contributed by atoms with van der Waals surface area (Å²) in [5.74, 6) is 0.749. The zero-order valence-electron chi connectivity index (χ0n) is 8.79. The molecule has 2 aromatic carbocycles. The molecule has 0 aliphatic carbocycles. The molecule has 0 fully saturated rings. The van der Waals surface area contributed by atoms with Crippen molar-refractivity contribution in [1.82, 2.24) is 0 Å². The molecule has 0 aliphatic heterocycles. The van der Waals surface area contributed by atoms with Gasteiger partial charge in [-0.3, -0.25) is 0 Å². The van der Waals surface area contributed by atoms with E-state index in [9.17, 15) is 4.39 Å². The second-order valence-electron chi connectivity index (χ2n) is 3.45. The fraction of sp³-hybridized carbons (Fsp3) is 0.0769. The summed E-state index contributed by atoms with van der Waals surface area (Å²) >= 11 is 9.27. The highest BCUT2D eigenvalue weighted by Crippen LogP contribution is 2.30. The molecule has 4 heteroatoms. The third-order valence-corrected chi connectivity index (χ3v) is 3.04. The lowest BCUT2D eigenvalue weighted by molar-refractivity contribution is 0.473. The highest BCUT2D eigenvalue weighted by atomic mass is 79.9. The largest absolute Gasteiger partial charge is 0.457 e. The fourth-order valence-corrected chi connectivity index (χ4v) is 2.02. The highest BCUT2D eigenvalue weighted by Gasteiger charge is 2.05. The summed E-state index contributed by atoms with van der Waals surface area (Å²) in [6, 6.07) is 11.4. The fourth-order valence-electron chi connectivity index (χ4n) is 1.39. The van der Waals surface area contributed by atoms with Crippen molar-refractivity contribution in [3.8, 4) is 11.5 Å². The Morgan fingerprint density at radius 2 is 2.00 bits per heavy atom. The van der Waals surface area contributed by atoms with Gasteiger partial charge in [0.15, 0.2) is 0 Å². The van der Waals surface area contributed by atoms with Gasteiger partial charge in [0.1, 0.15) is 17.3 Å². The highest BCUT2D eigenvalue weighted by molar-refractivity contribution is 9.08. The topological polar surface area (TPSA) is 9.23 Å². The molecule has 0 atom stereocenters. The first-order chi connectivity index (χ1) is 8.19. The third kappa shape index (κ3) is 3.20. The van der Waals surface area contributed by atoms with Crippen molar-refractivity contribution >= 4 is 27.5 Å². The van der Waals surface area contributed by atoms with Crippen molar-refractivity contribution in [2.45, 2.75) is 5.33 Å². The molecule has 0 radical (unpaired) electrons. The smallest absolute Gasteiger partial charge is 0.132 e. The van der Waals surface area contributed by atoms with Gasteiger partial charge in [0, 0.05) is 22.0 Å². The van der Waals surface area contributed by atoms with Gasteiger partial charge in [0.25, 0.3) is 0 Å². The predicted octanol–water partition coefficient (Wildman–Crippen LogP) is 5.17. The number of alkyl halides is 1. The first kappa shape index (κ1) is 12.4. The number of hydrogen-bond donors (Lipinski definition) is 0. The monoisotopic (exact) mass is 314 g/mol. The van der Waals surface area contributed by atoms with Gasteiger partial charge < -0.3 is 4.74 Å². The third-order valence-electron chi connectivity index (χ3n) is 2.20. The molecular weight excluding hydrogens is 306 g/mol. The van der Waals surface area contributed by atoms with E-state index in [1.54, 1.807) is 24.3 Å². The number of halogens is 3. The Morgan fingerprint density at radius 1 is 1.18 bits per heavy atom. The van der Waals surface area contributed by atoms with Gasteiger partial charge in [0.2, 0.25) is 0 Å². The van der Waals surface area contributed by atoms with E-state index in [0.29, 0.717) is 21.9 Å². The molecule has 0 N–H and O–H groups in total. The van der Waals surface area contributed by atoms with Crippen molar-refractivity contribution in [2.24, 2.45) is 0 Å². The number of rotatable bonds is 3. The van der Waals surface area contributed by atoms with Crippen molar-refractivity contribution < 1.29 is 9.13 Å². The summed E-state index contributed by atoms with van der Waals surface area (Å²) in [6.45, 7) is 0. The van der Waals surface area contributed by atoms with Gasteiger partial charge in [-0.05, 0) is 24.3 Å². The first-order valence-corrected chi connectivity index (χ1v) is 6.47. The van der Waals surface area contributed by atoms with Gasteiger partial charge in [-0.2, -0.15) is 0 Å². The molecule has 0 heterocycles. The van der Waals surface area contributed by atoms with Crippen LogP contribution in [0.2, 0.25) is 5.02 Å². The van der Waals surface area contributed by atoms with Gasteiger partial charge >= 0.3 is 0 Å². The molecule has 0 amide bonds. The maximum absolute atomic E-state index is 13.0. The summed E-state index contributed by atoms with van der Waals surface area (Å²) in [5.41, 5.74) is 0.957. The molecule has 2 aromatic rings. The lowest BCUT2D eigenvalue weighted by Crippen LogP contribution is -1.90. The first-order valence-electron chi connectivity index (χ1n) is 4.97. The standard InChI is InChI=1S/C13H9BrClFO/c14-8-9-4-5-10(15)6-13(9)17-12-3-1-2-11(16)7-12/h1-7H,8H2. The lowest BCUT2D eigenvalue weighted by atomic mass is 10.2. The van der Waals surface area contributed by atoms with Crippen LogP contribution in [0, 0.1) is 5.82 Å². The Kier molecular flexibility index (Phi) is 4.02. The predicted molar refractivity (Wildman–Crippen MR) is 70.6 cm³/mol. The minimum atomic E-state index is -0.329. The van der Waals surface area contributed by atoms with Crippen LogP contribution in [0.5, 0.6) is 11.5 Å². The van der Waals surface area contributed by atoms with E-state index in [-0.39, 0.29) is 5.82 Å². The van der Waals surface area contributed by atoms with E-state index in [1.165, 1.54) is 12.1 Å². The SMILES string of the molecule is Fc1cccc(Oc2cc(Cl)ccc2CBr)c1. The van der Waals surface area contributed by atoms with Crippen molar-refractivity contribution in [3.05, 3.63) is 58.9 Å². The summed E-state index contributed by atoms with van der Waals surface area (Å²) in [7, 11) is 0. The molecule has 88 valence electrons. The Labute approximate surface area is 112 Å². The molecule has 0 spiro atoms. The molecule has 0 saturated carbocycles. The Morgan fingerprint density at radius 3 is 2.71 bits per heavy atom. The molecule has 2 rings (SSSR count). The molecular formula is C13H9BrClFO. The minimum Gasteiger partial charge on any atom is -0.457 e. The maximum atomic E-state index is 13.0. The van der Waals surface area contributed by atoms with Gasteiger partial charge in [-0.25, -0.2) is 4.39 Å². The van der Waals surface area contributed by atoms with Crippen LogP contribution >= 0.6 is 27.5 Å². The second kappa shape index (κ2) is 5.52. The molecule has 1 nitrogen and oxygen atoms in total. The number of hydrogen-bond acceptors (Lipinski definition) is 1. The minimum absolute atomic E-state index is 0.329. The molecule has 0 saturated heterocycles. The second-order valence-corrected chi connectivity index (χ2v) is 4.44. The van der Waals surface area contributed by atoms with Crippen LogP contribution in [0.25, 0.3) is 0 Å². The molecule has 0 aliphatic rings. The Hall–Kier alpha value is -1.06. The van der Waals surface area contributed by atoms with Gasteiger partial charge in [-0.15, -0.1) is 0 Å². The normalized spacial score (nSPS) is 10.3. The van der Waals surface area contributed by atoms with Crippen LogP contribution < -0.4 is 4.74 Å². The van der Waals surface area contributed by atoms with Crippen molar-refractivity contribution in [3.63, 3.8) is 0 Å². The van der Waals surface area contributed by atoms with E-state index in [1.807, 2.05) is 6.07 Å². The van der Waals surface area contributed by atoms with Crippen LogP contribution in [0.4, 0.5) is 4.39 Å². The van der Waals surface area contributed by atoms with E-state index < -0.39 is 0 Å².